The van der Waals surface area contributed by atoms with E-state index < -0.39 is 18.0 Å². The van der Waals surface area contributed by atoms with Crippen LogP contribution >= 0.6 is 0 Å². The number of nitrogens with one attached hydrogen (secondary N) is 1. The third-order valence-corrected chi connectivity index (χ3v) is 3.63. The number of carbonyl (C=O) groups is 2. The van der Waals surface area contributed by atoms with Crippen LogP contribution in [-0.2, 0) is 9.53 Å². The number of carbonyl (C=O) groups excluding carboxylic acids is 2. The molecule has 5 nitrogen and oxygen atoms in total. The number of amides is 1. The summed E-state index contributed by atoms with van der Waals surface area (Å²) in [6.07, 6.45) is -1.05. The molecule has 0 heterocycles. The third-order valence-electron chi connectivity index (χ3n) is 3.63. The minimum atomic E-state index is -1.05. The molecule has 2 N–H and O–H groups in total. The fourth-order valence-electron chi connectivity index (χ4n) is 2.35. The molecule has 0 spiro atoms. The Morgan fingerprint density at radius 3 is 2.21 bits per heavy atom. The zero-order chi connectivity index (χ0) is 17.4. The second-order valence-electron chi connectivity index (χ2n) is 5.29. The first-order chi connectivity index (χ1) is 11.6. The number of aliphatic hydroxyl groups excluding tert-OH is 1. The molecule has 126 valence electrons. The second-order valence-corrected chi connectivity index (χ2v) is 5.29. The Hall–Kier alpha value is -2.66. The fourth-order valence-corrected chi connectivity index (χ4v) is 2.35. The molecule has 5 heteroatoms. The van der Waals surface area contributed by atoms with Gasteiger partial charge in [-0.25, -0.2) is 0 Å². The summed E-state index contributed by atoms with van der Waals surface area (Å²) in [7, 11) is 0. The van der Waals surface area contributed by atoms with E-state index in [4.69, 9.17) is 4.74 Å². The molecule has 2 aromatic rings. The van der Waals surface area contributed by atoms with Gasteiger partial charge in [0.15, 0.2) is 0 Å². The molecule has 0 saturated heterocycles. The maximum atomic E-state index is 12.2. The van der Waals surface area contributed by atoms with Gasteiger partial charge in [-0.05, 0) is 24.6 Å². The number of rotatable bonds is 7. The first-order valence-corrected chi connectivity index (χ1v) is 7.86. The highest BCUT2D eigenvalue weighted by Crippen LogP contribution is 2.23. The molecule has 0 aromatic heterocycles. The second kappa shape index (κ2) is 8.84. The van der Waals surface area contributed by atoms with Gasteiger partial charge in [0.25, 0.3) is 5.91 Å². The topological polar surface area (TPSA) is 75.6 Å². The van der Waals surface area contributed by atoms with Crippen LogP contribution in [0.3, 0.4) is 0 Å². The van der Waals surface area contributed by atoms with Gasteiger partial charge in [-0.3, -0.25) is 9.59 Å². The molecular formula is C19H21NO4. The minimum Gasteiger partial charge on any atom is -0.466 e. The monoisotopic (exact) mass is 327 g/mol. The van der Waals surface area contributed by atoms with Crippen LogP contribution in [0.2, 0.25) is 0 Å². The number of benzene rings is 2. The van der Waals surface area contributed by atoms with E-state index in [-0.39, 0.29) is 19.1 Å². The smallest absolute Gasteiger partial charge is 0.313 e. The summed E-state index contributed by atoms with van der Waals surface area (Å²) in [6, 6.07) is 17.6. The van der Waals surface area contributed by atoms with Crippen LogP contribution in [-0.4, -0.2) is 30.1 Å². The zero-order valence-electron chi connectivity index (χ0n) is 13.5. The Morgan fingerprint density at radius 1 is 1.04 bits per heavy atom. The average molecular weight is 327 g/mol. The largest absolute Gasteiger partial charge is 0.466 e. The van der Waals surface area contributed by atoms with E-state index in [9.17, 15) is 14.7 Å². The van der Waals surface area contributed by atoms with E-state index >= 15 is 0 Å². The van der Waals surface area contributed by atoms with Crippen molar-refractivity contribution in [3.05, 3.63) is 71.8 Å². The minimum absolute atomic E-state index is 0.0113. The van der Waals surface area contributed by atoms with Crippen LogP contribution in [0.25, 0.3) is 0 Å². The molecule has 24 heavy (non-hydrogen) atoms. The van der Waals surface area contributed by atoms with Gasteiger partial charge in [0.05, 0.1) is 12.7 Å². The maximum Gasteiger partial charge on any atom is 0.313 e. The fraction of sp³-hybridized carbons (Fsp3) is 0.263. The van der Waals surface area contributed by atoms with Crippen LogP contribution in [0.1, 0.15) is 28.9 Å². The van der Waals surface area contributed by atoms with Gasteiger partial charge in [0.1, 0.15) is 5.92 Å². The normalized spacial score (nSPS) is 12.9. The summed E-state index contributed by atoms with van der Waals surface area (Å²) >= 11 is 0. The number of hydrogen-bond acceptors (Lipinski definition) is 4. The van der Waals surface area contributed by atoms with E-state index in [0.29, 0.717) is 11.1 Å². The molecule has 0 aliphatic rings. The summed E-state index contributed by atoms with van der Waals surface area (Å²) in [4.78, 5) is 24.3. The van der Waals surface area contributed by atoms with E-state index in [1.807, 2.05) is 12.1 Å². The zero-order valence-corrected chi connectivity index (χ0v) is 13.5. The van der Waals surface area contributed by atoms with Crippen molar-refractivity contribution in [1.82, 2.24) is 5.32 Å². The average Bonchev–Trinajstić information content (AvgIpc) is 2.63. The van der Waals surface area contributed by atoms with Crippen molar-refractivity contribution in [1.29, 1.82) is 0 Å². The quantitative estimate of drug-likeness (QED) is 0.765. The Balaban J connectivity index is 2.09. The standard InChI is InChI=1S/C19H21NO4/c1-2-24-19(23)16(17(21)14-9-5-3-6-10-14)13-20-18(22)15-11-7-4-8-12-15/h3-12,16-17,21H,2,13H2,1H3,(H,20,22)/t16-,17+/m0/s1. The van der Waals surface area contributed by atoms with E-state index in [0.717, 1.165) is 0 Å². The van der Waals surface area contributed by atoms with Crippen LogP contribution in [0.4, 0.5) is 0 Å². The van der Waals surface area contributed by atoms with E-state index in [1.165, 1.54) is 0 Å². The highest BCUT2D eigenvalue weighted by Gasteiger charge is 2.29. The van der Waals surface area contributed by atoms with Gasteiger partial charge in [0.2, 0.25) is 0 Å². The van der Waals surface area contributed by atoms with E-state index in [2.05, 4.69) is 5.32 Å². The highest BCUT2D eigenvalue weighted by atomic mass is 16.5. The van der Waals surface area contributed by atoms with Crippen molar-refractivity contribution in [2.75, 3.05) is 13.2 Å². The Bertz CT molecular complexity index is 658. The molecule has 0 unspecified atom stereocenters. The first-order valence-electron chi connectivity index (χ1n) is 7.86. The molecule has 0 bridgehead atoms. The summed E-state index contributed by atoms with van der Waals surface area (Å²) in [5.74, 6) is -1.72. The maximum absolute atomic E-state index is 12.2. The molecule has 0 radical (unpaired) electrons. The Morgan fingerprint density at radius 2 is 1.62 bits per heavy atom. The summed E-state index contributed by atoms with van der Waals surface area (Å²) in [5, 5.41) is 13.2. The van der Waals surface area contributed by atoms with Gasteiger partial charge in [-0.2, -0.15) is 0 Å². The van der Waals surface area contributed by atoms with Gasteiger partial charge in [0, 0.05) is 12.1 Å². The highest BCUT2D eigenvalue weighted by molar-refractivity contribution is 5.94. The predicted octanol–water partition coefficient (Wildman–Crippen LogP) is 2.33. The van der Waals surface area contributed by atoms with Crippen molar-refractivity contribution in [3.63, 3.8) is 0 Å². The van der Waals surface area contributed by atoms with Crippen molar-refractivity contribution >= 4 is 11.9 Å². The lowest BCUT2D eigenvalue weighted by molar-refractivity contribution is -0.151. The van der Waals surface area contributed by atoms with Crippen molar-refractivity contribution in [2.45, 2.75) is 13.0 Å². The van der Waals surface area contributed by atoms with Crippen molar-refractivity contribution in [3.8, 4) is 0 Å². The SMILES string of the molecule is CCOC(=O)[C@@H](CNC(=O)c1ccccc1)[C@H](O)c1ccccc1. The van der Waals surface area contributed by atoms with Gasteiger partial charge >= 0.3 is 5.97 Å². The Kier molecular flexibility index (Phi) is 6.51. The Labute approximate surface area is 141 Å². The lowest BCUT2D eigenvalue weighted by atomic mass is 9.95. The van der Waals surface area contributed by atoms with Gasteiger partial charge in [-0.1, -0.05) is 48.5 Å². The molecule has 2 atom stereocenters. The summed E-state index contributed by atoms with van der Waals surface area (Å²) in [5.41, 5.74) is 1.10. The van der Waals surface area contributed by atoms with Crippen LogP contribution in [0.5, 0.6) is 0 Å². The van der Waals surface area contributed by atoms with Gasteiger partial charge in [-0.15, -0.1) is 0 Å². The van der Waals surface area contributed by atoms with Crippen molar-refractivity contribution < 1.29 is 19.4 Å². The number of aliphatic hydroxyl groups is 1. The van der Waals surface area contributed by atoms with Crippen LogP contribution in [0, 0.1) is 5.92 Å². The molecule has 2 aromatic carbocycles. The molecule has 1 amide bonds. The molecule has 0 fully saturated rings. The summed E-state index contributed by atoms with van der Waals surface area (Å²) in [6.45, 7) is 1.90. The molecular weight excluding hydrogens is 306 g/mol. The van der Waals surface area contributed by atoms with Gasteiger partial charge < -0.3 is 15.2 Å². The lowest BCUT2D eigenvalue weighted by Crippen LogP contribution is -2.37. The third kappa shape index (κ3) is 4.67. The van der Waals surface area contributed by atoms with Crippen molar-refractivity contribution in [2.24, 2.45) is 5.92 Å². The lowest BCUT2D eigenvalue weighted by Gasteiger charge is -2.22. The van der Waals surface area contributed by atoms with E-state index in [1.54, 1.807) is 55.5 Å². The number of ether oxygens (including phenoxy) is 1. The summed E-state index contributed by atoms with van der Waals surface area (Å²) < 4.78 is 5.03. The van der Waals surface area contributed by atoms with Crippen LogP contribution < -0.4 is 5.32 Å². The van der Waals surface area contributed by atoms with Crippen LogP contribution in [0.15, 0.2) is 60.7 Å². The molecule has 0 aliphatic heterocycles. The molecule has 2 rings (SSSR count). The number of esters is 1. The predicted molar refractivity (Wildman–Crippen MR) is 90.3 cm³/mol. The number of hydrogen-bond donors (Lipinski definition) is 2. The molecule has 0 saturated carbocycles. The molecule has 0 aliphatic carbocycles. The first kappa shape index (κ1) is 17.7.